The number of aryl methyl sites for hydroxylation is 2. The lowest BCUT2D eigenvalue weighted by atomic mass is 10.0. The number of anilines is 2. The average molecular weight is 478 g/mol. The Morgan fingerprint density at radius 2 is 2.11 bits per heavy atom. The molecule has 3 heterocycles. The molecule has 0 saturated heterocycles. The van der Waals surface area contributed by atoms with E-state index in [1.807, 2.05) is 19.9 Å². The Morgan fingerprint density at radius 3 is 2.80 bits per heavy atom. The van der Waals surface area contributed by atoms with Crippen LogP contribution in [-0.4, -0.2) is 39.7 Å². The number of aromatic nitrogens is 3. The summed E-state index contributed by atoms with van der Waals surface area (Å²) < 4.78 is 1.50. The van der Waals surface area contributed by atoms with Crippen LogP contribution in [0.2, 0.25) is 0 Å². The van der Waals surface area contributed by atoms with Gasteiger partial charge in [0.15, 0.2) is 0 Å². The summed E-state index contributed by atoms with van der Waals surface area (Å²) in [4.78, 5) is 34.9. The summed E-state index contributed by atoms with van der Waals surface area (Å²) in [6.45, 7) is 6.71. The molecule has 1 unspecified atom stereocenters. The van der Waals surface area contributed by atoms with Crippen LogP contribution < -0.4 is 21.9 Å². The number of nitrogen functional groups attached to an aromatic ring is 1. The maximum absolute atomic E-state index is 13.2. The van der Waals surface area contributed by atoms with Crippen LogP contribution >= 0.6 is 0 Å². The van der Waals surface area contributed by atoms with E-state index >= 15 is 0 Å². The Labute approximate surface area is 206 Å². The zero-order valence-electron chi connectivity index (χ0n) is 20.7. The standard InChI is InChI=1S/C26H35N7O2/c1-4-6-7-19(11-20-15-30-23(28)10-17(20)3)14-32-25(34)22-8-9-24-31-16-21(26(35)33(22)24)29-13-18(5-2)12-27/h5,10-12,15-16,22,27,29H,4,6-9,13-14H2,1-3H3,(H2,28,30)(H,32,34)/b18-5+,19-11+,27-12?. The van der Waals surface area contributed by atoms with Gasteiger partial charge in [-0.15, -0.1) is 0 Å². The van der Waals surface area contributed by atoms with Crippen LogP contribution in [0, 0.1) is 12.3 Å². The monoisotopic (exact) mass is 477 g/mol. The van der Waals surface area contributed by atoms with E-state index in [9.17, 15) is 9.59 Å². The second-order valence-electron chi connectivity index (χ2n) is 8.77. The number of rotatable bonds is 11. The average Bonchev–Trinajstić information content (AvgIpc) is 3.29. The molecule has 0 aliphatic carbocycles. The highest BCUT2D eigenvalue weighted by Gasteiger charge is 2.31. The quantitative estimate of drug-likeness (QED) is 0.366. The van der Waals surface area contributed by atoms with Crippen LogP contribution in [0.25, 0.3) is 6.08 Å². The molecule has 2 aromatic heterocycles. The number of fused-ring (bicyclic) bond motifs is 1. The number of unbranched alkanes of at least 4 members (excludes halogenated alkanes) is 1. The second kappa shape index (κ2) is 12.1. The van der Waals surface area contributed by atoms with E-state index in [4.69, 9.17) is 11.1 Å². The van der Waals surface area contributed by atoms with E-state index in [2.05, 4.69) is 33.6 Å². The molecule has 5 N–H and O–H groups in total. The second-order valence-corrected chi connectivity index (χ2v) is 8.77. The molecule has 0 spiro atoms. The molecule has 1 amide bonds. The van der Waals surface area contributed by atoms with Crippen molar-refractivity contribution in [1.29, 1.82) is 5.41 Å². The van der Waals surface area contributed by atoms with E-state index in [0.29, 0.717) is 43.3 Å². The summed E-state index contributed by atoms with van der Waals surface area (Å²) in [5.41, 5.74) is 9.70. The molecule has 0 radical (unpaired) electrons. The van der Waals surface area contributed by atoms with Gasteiger partial charge in [-0.3, -0.25) is 14.2 Å². The molecule has 3 rings (SSSR count). The molecule has 35 heavy (non-hydrogen) atoms. The van der Waals surface area contributed by atoms with E-state index in [1.54, 1.807) is 12.3 Å². The highest BCUT2D eigenvalue weighted by atomic mass is 16.2. The molecule has 1 atom stereocenters. The van der Waals surface area contributed by atoms with E-state index in [1.165, 1.54) is 17.0 Å². The highest BCUT2D eigenvalue weighted by Crippen LogP contribution is 2.24. The molecule has 2 aromatic rings. The molecular formula is C26H35N7O2. The molecule has 0 aromatic carbocycles. The minimum absolute atomic E-state index is 0.187. The van der Waals surface area contributed by atoms with Crippen molar-refractivity contribution in [3.63, 3.8) is 0 Å². The van der Waals surface area contributed by atoms with Gasteiger partial charge in [-0.1, -0.05) is 31.1 Å². The zero-order chi connectivity index (χ0) is 25.4. The van der Waals surface area contributed by atoms with Crippen molar-refractivity contribution in [3.05, 3.63) is 63.0 Å². The lowest BCUT2D eigenvalue weighted by molar-refractivity contribution is -0.124. The third kappa shape index (κ3) is 6.44. The molecule has 9 heteroatoms. The smallest absolute Gasteiger partial charge is 0.277 e. The van der Waals surface area contributed by atoms with E-state index in [0.717, 1.165) is 41.5 Å². The minimum Gasteiger partial charge on any atom is -0.384 e. The molecule has 9 nitrogen and oxygen atoms in total. The normalized spacial score (nSPS) is 15.6. The number of nitrogens with two attached hydrogens (primary N) is 1. The van der Waals surface area contributed by atoms with Gasteiger partial charge in [0.1, 0.15) is 23.4 Å². The Hall–Kier alpha value is -3.75. The fourth-order valence-electron chi connectivity index (χ4n) is 4.10. The number of allylic oxidation sites excluding steroid dienone is 1. The molecule has 0 fully saturated rings. The lowest BCUT2D eigenvalue weighted by Crippen LogP contribution is -2.37. The first-order valence-corrected chi connectivity index (χ1v) is 12.1. The molecule has 0 bridgehead atoms. The van der Waals surface area contributed by atoms with Crippen LogP contribution in [0.1, 0.15) is 62.5 Å². The van der Waals surface area contributed by atoms with Gasteiger partial charge in [-0.25, -0.2) is 9.97 Å². The summed E-state index contributed by atoms with van der Waals surface area (Å²) >= 11 is 0. The number of nitrogens with one attached hydrogen (secondary N) is 3. The van der Waals surface area contributed by atoms with Gasteiger partial charge >= 0.3 is 0 Å². The van der Waals surface area contributed by atoms with Crippen molar-refractivity contribution in [2.24, 2.45) is 0 Å². The lowest BCUT2D eigenvalue weighted by Gasteiger charge is -2.17. The number of carbonyl (C=O) groups excluding carboxylic acids is 1. The summed E-state index contributed by atoms with van der Waals surface area (Å²) in [5.74, 6) is 0.910. The maximum Gasteiger partial charge on any atom is 0.277 e. The first-order valence-electron chi connectivity index (χ1n) is 12.1. The van der Waals surface area contributed by atoms with Gasteiger partial charge in [0.25, 0.3) is 5.56 Å². The van der Waals surface area contributed by atoms with Crippen molar-refractivity contribution in [1.82, 2.24) is 19.9 Å². The van der Waals surface area contributed by atoms with Gasteiger partial charge in [0.05, 0.1) is 6.20 Å². The maximum atomic E-state index is 13.2. The minimum atomic E-state index is -0.594. The SMILES string of the molecule is C/C=C(\C=N)CNc1cnc2n(c1=O)C(C(=O)NC/C(=C/c1cnc(N)cc1C)CCCC)CC2. The molecule has 0 saturated carbocycles. The number of amides is 1. The number of nitrogens with zero attached hydrogens (tertiary/aromatic N) is 3. The summed E-state index contributed by atoms with van der Waals surface area (Å²) in [6.07, 6.45) is 12.4. The fraction of sp³-hybridized carbons (Fsp3) is 0.423. The van der Waals surface area contributed by atoms with Gasteiger partial charge in [0, 0.05) is 31.9 Å². The third-order valence-corrected chi connectivity index (χ3v) is 6.24. The van der Waals surface area contributed by atoms with Crippen LogP contribution in [0.5, 0.6) is 0 Å². The Bertz CT molecular complexity index is 1200. The van der Waals surface area contributed by atoms with Gasteiger partial charge < -0.3 is 21.8 Å². The van der Waals surface area contributed by atoms with Crippen molar-refractivity contribution >= 4 is 29.7 Å². The Kier molecular flexibility index (Phi) is 8.94. The third-order valence-electron chi connectivity index (χ3n) is 6.24. The van der Waals surface area contributed by atoms with Gasteiger partial charge in [-0.2, -0.15) is 0 Å². The van der Waals surface area contributed by atoms with Crippen molar-refractivity contribution < 1.29 is 4.79 Å². The van der Waals surface area contributed by atoms with E-state index < -0.39 is 6.04 Å². The number of carbonyl (C=O) groups is 1. The number of hydrogen-bond donors (Lipinski definition) is 4. The number of pyridine rings is 1. The van der Waals surface area contributed by atoms with Crippen LogP contribution in [-0.2, 0) is 11.2 Å². The van der Waals surface area contributed by atoms with Crippen LogP contribution in [0.3, 0.4) is 0 Å². The number of hydrogen-bond acceptors (Lipinski definition) is 7. The van der Waals surface area contributed by atoms with Gasteiger partial charge in [-0.05, 0) is 55.9 Å². The summed E-state index contributed by atoms with van der Waals surface area (Å²) in [7, 11) is 0. The Balaban J connectivity index is 1.75. The zero-order valence-corrected chi connectivity index (χ0v) is 20.7. The first-order chi connectivity index (χ1) is 16.9. The Morgan fingerprint density at radius 1 is 1.31 bits per heavy atom. The van der Waals surface area contributed by atoms with Gasteiger partial charge in [0.2, 0.25) is 5.91 Å². The van der Waals surface area contributed by atoms with E-state index in [-0.39, 0.29) is 11.5 Å². The topological polar surface area (TPSA) is 139 Å². The first kappa shape index (κ1) is 25.9. The fourth-order valence-corrected chi connectivity index (χ4v) is 4.10. The molecule has 186 valence electrons. The molecule has 1 aliphatic rings. The summed E-state index contributed by atoms with van der Waals surface area (Å²) in [5, 5.41) is 13.5. The predicted octanol–water partition coefficient (Wildman–Crippen LogP) is 3.41. The van der Waals surface area contributed by atoms with Crippen LogP contribution in [0.15, 0.2) is 40.5 Å². The largest absolute Gasteiger partial charge is 0.384 e. The highest BCUT2D eigenvalue weighted by molar-refractivity contribution is 5.81. The molecular weight excluding hydrogens is 442 g/mol. The van der Waals surface area contributed by atoms with Crippen molar-refractivity contribution in [2.45, 2.75) is 58.9 Å². The summed E-state index contributed by atoms with van der Waals surface area (Å²) in [6, 6.07) is 1.24. The predicted molar refractivity (Wildman–Crippen MR) is 141 cm³/mol. The van der Waals surface area contributed by atoms with Crippen molar-refractivity contribution in [2.75, 3.05) is 24.1 Å². The molecule has 1 aliphatic heterocycles. The van der Waals surface area contributed by atoms with Crippen LogP contribution in [0.4, 0.5) is 11.5 Å². The van der Waals surface area contributed by atoms with Crippen molar-refractivity contribution in [3.8, 4) is 0 Å².